The van der Waals surface area contributed by atoms with Gasteiger partial charge in [0.2, 0.25) is 17.7 Å². The Morgan fingerprint density at radius 1 is 1.39 bits per heavy atom. The Balaban J connectivity index is 2.10. The number of hydrogen-bond acceptors (Lipinski definition) is 4. The van der Waals surface area contributed by atoms with Gasteiger partial charge in [-0.3, -0.25) is 14.4 Å². The van der Waals surface area contributed by atoms with Crippen molar-refractivity contribution in [2.24, 2.45) is 5.73 Å². The van der Waals surface area contributed by atoms with Crippen LogP contribution < -0.4 is 11.1 Å². The zero-order valence-corrected chi connectivity index (χ0v) is 14.1. The predicted molar refractivity (Wildman–Crippen MR) is 88.7 cm³/mol. The number of thiophene rings is 1. The molecule has 0 radical (unpaired) electrons. The number of primary amides is 1. The van der Waals surface area contributed by atoms with Crippen molar-refractivity contribution in [2.45, 2.75) is 51.1 Å². The molecule has 1 unspecified atom stereocenters. The molecule has 1 heterocycles. The molecule has 0 spiro atoms. The van der Waals surface area contributed by atoms with Crippen LogP contribution in [0.25, 0.3) is 0 Å². The molecule has 1 aromatic heterocycles. The van der Waals surface area contributed by atoms with E-state index in [1.165, 1.54) is 18.3 Å². The average molecular weight is 337 g/mol. The van der Waals surface area contributed by atoms with Crippen LogP contribution in [0.3, 0.4) is 0 Å². The van der Waals surface area contributed by atoms with Crippen molar-refractivity contribution >= 4 is 29.1 Å². The second-order valence-corrected chi connectivity index (χ2v) is 6.88. The summed E-state index contributed by atoms with van der Waals surface area (Å²) in [6.45, 7) is 1.38. The monoisotopic (exact) mass is 337 g/mol. The fourth-order valence-electron chi connectivity index (χ4n) is 3.05. The van der Waals surface area contributed by atoms with Gasteiger partial charge in [0.15, 0.2) is 0 Å². The van der Waals surface area contributed by atoms with E-state index in [0.29, 0.717) is 0 Å². The van der Waals surface area contributed by atoms with Gasteiger partial charge in [0.1, 0.15) is 0 Å². The highest BCUT2D eigenvalue weighted by molar-refractivity contribution is 7.10. The Bertz CT molecular complexity index is 553. The molecule has 6 nitrogen and oxygen atoms in total. The molecule has 0 aliphatic heterocycles. The molecule has 1 aliphatic carbocycles. The Hall–Kier alpha value is -1.89. The average Bonchev–Trinajstić information content (AvgIpc) is 3.16. The summed E-state index contributed by atoms with van der Waals surface area (Å²) in [4.78, 5) is 38.0. The Kier molecular flexibility index (Phi) is 6.15. The molecule has 1 saturated carbocycles. The number of carbonyl (C=O) groups excluding carboxylic acids is 3. The smallest absolute Gasteiger partial charge is 0.237 e. The summed E-state index contributed by atoms with van der Waals surface area (Å²) in [6, 6.07) is 3.50. The molecule has 7 heteroatoms. The number of hydrogen-bond donors (Lipinski definition) is 2. The van der Waals surface area contributed by atoms with Crippen LogP contribution in [0, 0.1) is 0 Å². The van der Waals surface area contributed by atoms with Gasteiger partial charge in [-0.1, -0.05) is 18.9 Å². The van der Waals surface area contributed by atoms with Crippen molar-refractivity contribution in [2.75, 3.05) is 6.54 Å². The van der Waals surface area contributed by atoms with Gasteiger partial charge in [-0.05, 0) is 24.3 Å². The van der Waals surface area contributed by atoms with Crippen LogP contribution in [0.15, 0.2) is 17.5 Å². The highest BCUT2D eigenvalue weighted by atomic mass is 32.1. The van der Waals surface area contributed by atoms with E-state index in [1.54, 1.807) is 4.90 Å². The van der Waals surface area contributed by atoms with E-state index in [1.807, 2.05) is 17.5 Å². The lowest BCUT2D eigenvalue weighted by Crippen LogP contribution is -2.45. The number of amides is 3. The van der Waals surface area contributed by atoms with E-state index < -0.39 is 5.91 Å². The van der Waals surface area contributed by atoms with Gasteiger partial charge in [0.25, 0.3) is 0 Å². The maximum absolute atomic E-state index is 12.7. The molecule has 23 heavy (non-hydrogen) atoms. The van der Waals surface area contributed by atoms with Crippen LogP contribution in [-0.4, -0.2) is 35.2 Å². The fraction of sp³-hybridized carbons (Fsp3) is 0.562. The van der Waals surface area contributed by atoms with Crippen molar-refractivity contribution in [1.29, 1.82) is 0 Å². The van der Waals surface area contributed by atoms with E-state index in [4.69, 9.17) is 5.73 Å². The Labute approximate surface area is 140 Å². The van der Waals surface area contributed by atoms with Crippen LogP contribution in [0.4, 0.5) is 0 Å². The molecule has 3 N–H and O–H groups in total. The third-order valence-corrected chi connectivity index (χ3v) is 5.04. The lowest BCUT2D eigenvalue weighted by Gasteiger charge is -2.29. The minimum atomic E-state index is -0.502. The largest absolute Gasteiger partial charge is 0.368 e. The van der Waals surface area contributed by atoms with Crippen LogP contribution in [0.2, 0.25) is 0 Å². The Morgan fingerprint density at radius 2 is 2.09 bits per heavy atom. The molecule has 2 rings (SSSR count). The molecule has 0 bridgehead atoms. The molecular formula is C16H23N3O3S. The molecule has 3 amide bonds. The zero-order chi connectivity index (χ0) is 16.8. The summed E-state index contributed by atoms with van der Waals surface area (Å²) in [5.41, 5.74) is 5.30. The first-order valence-electron chi connectivity index (χ1n) is 7.85. The van der Waals surface area contributed by atoms with Crippen molar-refractivity contribution in [3.8, 4) is 0 Å². The normalized spacial score (nSPS) is 16.0. The quantitative estimate of drug-likeness (QED) is 0.791. The van der Waals surface area contributed by atoms with Gasteiger partial charge in [-0.15, -0.1) is 11.3 Å². The number of carbonyl (C=O) groups is 3. The Morgan fingerprint density at radius 3 is 2.61 bits per heavy atom. The van der Waals surface area contributed by atoms with Gasteiger partial charge in [-0.2, -0.15) is 0 Å². The van der Waals surface area contributed by atoms with Crippen LogP contribution in [-0.2, 0) is 14.4 Å². The third-order valence-electron chi connectivity index (χ3n) is 4.05. The van der Waals surface area contributed by atoms with E-state index in [-0.39, 0.29) is 36.9 Å². The molecule has 0 aromatic carbocycles. The zero-order valence-electron chi connectivity index (χ0n) is 13.3. The van der Waals surface area contributed by atoms with E-state index in [2.05, 4.69) is 5.32 Å². The standard InChI is InChI=1S/C16H23N3O3S/c1-11(20)18-13(14-7-4-8-23-14)9-16(22)19(10-15(17)21)12-5-2-3-6-12/h4,7-8,12-13H,2-3,5-6,9-10H2,1H3,(H2,17,21)(H,18,20). The first-order valence-corrected chi connectivity index (χ1v) is 8.73. The lowest BCUT2D eigenvalue weighted by molar-refractivity contribution is -0.138. The van der Waals surface area contributed by atoms with Crippen molar-refractivity contribution < 1.29 is 14.4 Å². The molecule has 0 saturated heterocycles. The van der Waals surface area contributed by atoms with Crippen molar-refractivity contribution in [3.63, 3.8) is 0 Å². The van der Waals surface area contributed by atoms with E-state index in [0.717, 1.165) is 30.6 Å². The van der Waals surface area contributed by atoms with Gasteiger partial charge >= 0.3 is 0 Å². The first-order chi connectivity index (χ1) is 11.0. The number of rotatable bonds is 7. The minimum absolute atomic E-state index is 0.0548. The summed E-state index contributed by atoms with van der Waals surface area (Å²) in [5.74, 6) is -0.821. The second kappa shape index (κ2) is 8.10. The van der Waals surface area contributed by atoms with Crippen LogP contribution >= 0.6 is 11.3 Å². The number of nitrogens with zero attached hydrogens (tertiary/aromatic N) is 1. The predicted octanol–water partition coefficient (Wildman–Crippen LogP) is 1.57. The third kappa shape index (κ3) is 5.06. The van der Waals surface area contributed by atoms with Crippen molar-refractivity contribution in [1.82, 2.24) is 10.2 Å². The van der Waals surface area contributed by atoms with E-state index in [9.17, 15) is 14.4 Å². The summed E-state index contributed by atoms with van der Waals surface area (Å²) < 4.78 is 0. The van der Waals surface area contributed by atoms with Gasteiger partial charge in [0.05, 0.1) is 19.0 Å². The molecule has 126 valence electrons. The first kappa shape index (κ1) is 17.5. The van der Waals surface area contributed by atoms with Gasteiger partial charge < -0.3 is 16.0 Å². The molecule has 1 fully saturated rings. The minimum Gasteiger partial charge on any atom is -0.368 e. The molecule has 1 atom stereocenters. The summed E-state index contributed by atoms with van der Waals surface area (Å²) in [5, 5.41) is 4.73. The SMILES string of the molecule is CC(=O)NC(CC(=O)N(CC(N)=O)C1CCCC1)c1cccs1. The highest BCUT2D eigenvalue weighted by Gasteiger charge is 2.30. The summed E-state index contributed by atoms with van der Waals surface area (Å²) in [6.07, 6.45) is 4.08. The molecular weight excluding hydrogens is 314 g/mol. The maximum Gasteiger partial charge on any atom is 0.237 e. The lowest BCUT2D eigenvalue weighted by atomic mass is 10.1. The molecule has 1 aliphatic rings. The second-order valence-electron chi connectivity index (χ2n) is 5.90. The summed E-state index contributed by atoms with van der Waals surface area (Å²) in [7, 11) is 0. The van der Waals surface area contributed by atoms with E-state index >= 15 is 0 Å². The highest BCUT2D eigenvalue weighted by Crippen LogP contribution is 2.27. The summed E-state index contributed by atoms with van der Waals surface area (Å²) >= 11 is 1.50. The van der Waals surface area contributed by atoms with Crippen LogP contribution in [0.1, 0.15) is 49.9 Å². The molecule has 1 aromatic rings. The number of nitrogens with one attached hydrogen (secondary N) is 1. The van der Waals surface area contributed by atoms with Crippen LogP contribution in [0.5, 0.6) is 0 Å². The van der Waals surface area contributed by atoms with Gasteiger partial charge in [0, 0.05) is 17.8 Å². The van der Waals surface area contributed by atoms with Crippen molar-refractivity contribution in [3.05, 3.63) is 22.4 Å². The topological polar surface area (TPSA) is 92.5 Å². The van der Waals surface area contributed by atoms with Gasteiger partial charge in [-0.25, -0.2) is 0 Å². The number of nitrogens with two attached hydrogens (primary N) is 1. The fourth-order valence-corrected chi connectivity index (χ4v) is 3.83. The maximum atomic E-state index is 12.7.